The molecule has 1 aromatic carbocycles. The van der Waals surface area contributed by atoms with Crippen LogP contribution >= 0.6 is 11.6 Å². The topological polar surface area (TPSA) is 71.1 Å². The van der Waals surface area contributed by atoms with Crippen LogP contribution in [0.1, 0.15) is 0 Å². The SMILES string of the molecule is CNc1cccnc1S(=O)(=O)Nc1cccc(Cl)c1. The summed E-state index contributed by atoms with van der Waals surface area (Å²) < 4.78 is 26.9. The molecule has 1 heterocycles. The molecule has 7 heteroatoms. The summed E-state index contributed by atoms with van der Waals surface area (Å²) in [5, 5.41) is 3.19. The smallest absolute Gasteiger partial charge is 0.281 e. The van der Waals surface area contributed by atoms with Gasteiger partial charge in [-0.2, -0.15) is 8.42 Å². The second kappa shape index (κ2) is 5.46. The van der Waals surface area contributed by atoms with Crippen LogP contribution in [-0.2, 0) is 10.0 Å². The highest BCUT2D eigenvalue weighted by Crippen LogP contribution is 2.22. The van der Waals surface area contributed by atoms with Gasteiger partial charge in [0.25, 0.3) is 10.0 Å². The molecular weight excluding hydrogens is 286 g/mol. The zero-order chi connectivity index (χ0) is 13.9. The van der Waals surface area contributed by atoms with Crippen LogP contribution in [0.25, 0.3) is 0 Å². The molecule has 19 heavy (non-hydrogen) atoms. The molecule has 0 bridgehead atoms. The quantitative estimate of drug-likeness (QED) is 0.910. The van der Waals surface area contributed by atoms with E-state index in [9.17, 15) is 8.42 Å². The molecule has 2 rings (SSSR count). The second-order valence-corrected chi connectivity index (χ2v) is 5.76. The van der Waals surface area contributed by atoms with Gasteiger partial charge in [0.2, 0.25) is 0 Å². The van der Waals surface area contributed by atoms with E-state index in [1.165, 1.54) is 12.3 Å². The standard InChI is InChI=1S/C12H12ClN3O2S/c1-14-11-6-3-7-15-12(11)19(17,18)16-10-5-2-4-9(13)8-10/h2-8,14,16H,1H3. The van der Waals surface area contributed by atoms with Crippen molar-refractivity contribution in [2.45, 2.75) is 5.03 Å². The van der Waals surface area contributed by atoms with Crippen molar-refractivity contribution in [3.8, 4) is 0 Å². The molecule has 2 N–H and O–H groups in total. The first-order valence-electron chi connectivity index (χ1n) is 5.44. The molecule has 0 unspecified atom stereocenters. The Hall–Kier alpha value is -1.79. The molecule has 0 saturated carbocycles. The van der Waals surface area contributed by atoms with E-state index in [4.69, 9.17) is 11.6 Å². The summed E-state index contributed by atoms with van der Waals surface area (Å²) in [5.74, 6) is 0. The third-order valence-electron chi connectivity index (χ3n) is 2.37. The summed E-state index contributed by atoms with van der Waals surface area (Å²) in [6.07, 6.45) is 1.42. The minimum atomic E-state index is -3.76. The molecule has 0 radical (unpaired) electrons. The maximum absolute atomic E-state index is 12.2. The van der Waals surface area contributed by atoms with Gasteiger partial charge in [0.05, 0.1) is 11.4 Å². The summed E-state index contributed by atoms with van der Waals surface area (Å²) in [7, 11) is -2.12. The largest absolute Gasteiger partial charge is 0.386 e. The number of halogens is 1. The Balaban J connectivity index is 2.38. The fourth-order valence-corrected chi connectivity index (χ4v) is 2.93. The number of nitrogens with zero attached hydrogens (tertiary/aromatic N) is 1. The highest BCUT2D eigenvalue weighted by molar-refractivity contribution is 7.92. The zero-order valence-corrected chi connectivity index (χ0v) is 11.7. The summed E-state index contributed by atoms with van der Waals surface area (Å²) in [5.41, 5.74) is 0.817. The van der Waals surface area contributed by atoms with Gasteiger partial charge in [-0.1, -0.05) is 17.7 Å². The average molecular weight is 298 g/mol. The first-order valence-corrected chi connectivity index (χ1v) is 7.30. The predicted octanol–water partition coefficient (Wildman–Crippen LogP) is 2.58. The summed E-state index contributed by atoms with van der Waals surface area (Å²) in [6.45, 7) is 0. The Morgan fingerprint density at radius 3 is 2.68 bits per heavy atom. The molecule has 0 spiro atoms. The number of hydrogen-bond donors (Lipinski definition) is 2. The van der Waals surface area contributed by atoms with Crippen LogP contribution in [0.15, 0.2) is 47.6 Å². The Bertz CT molecular complexity index is 689. The monoisotopic (exact) mass is 297 g/mol. The van der Waals surface area contributed by atoms with E-state index in [2.05, 4.69) is 15.0 Å². The van der Waals surface area contributed by atoms with Gasteiger partial charge in [-0.3, -0.25) is 4.72 Å². The van der Waals surface area contributed by atoms with Gasteiger partial charge in [0.15, 0.2) is 5.03 Å². The van der Waals surface area contributed by atoms with Crippen molar-refractivity contribution < 1.29 is 8.42 Å². The number of hydrogen-bond acceptors (Lipinski definition) is 4. The zero-order valence-electron chi connectivity index (χ0n) is 10.1. The molecule has 0 saturated heterocycles. The minimum absolute atomic E-state index is 0.0579. The number of nitrogens with one attached hydrogen (secondary N) is 2. The minimum Gasteiger partial charge on any atom is -0.386 e. The Kier molecular flexibility index (Phi) is 3.92. The van der Waals surface area contributed by atoms with Crippen LogP contribution in [0.3, 0.4) is 0 Å². The third kappa shape index (κ3) is 3.15. The van der Waals surface area contributed by atoms with E-state index in [1.807, 2.05) is 0 Å². The first kappa shape index (κ1) is 13.6. The van der Waals surface area contributed by atoms with Gasteiger partial charge >= 0.3 is 0 Å². The average Bonchev–Trinajstić information content (AvgIpc) is 2.38. The highest BCUT2D eigenvalue weighted by atomic mass is 35.5. The number of anilines is 2. The third-order valence-corrected chi connectivity index (χ3v) is 3.95. The molecule has 0 aliphatic carbocycles. The number of aromatic nitrogens is 1. The van der Waals surface area contributed by atoms with Gasteiger partial charge in [-0.25, -0.2) is 4.98 Å². The van der Waals surface area contributed by atoms with E-state index < -0.39 is 10.0 Å². The van der Waals surface area contributed by atoms with Crippen molar-refractivity contribution in [3.63, 3.8) is 0 Å². The van der Waals surface area contributed by atoms with Crippen LogP contribution in [-0.4, -0.2) is 20.4 Å². The van der Waals surface area contributed by atoms with E-state index >= 15 is 0 Å². The van der Waals surface area contributed by atoms with Crippen molar-refractivity contribution >= 4 is 33.0 Å². The maximum Gasteiger partial charge on any atom is 0.281 e. The molecule has 1 aromatic heterocycles. The predicted molar refractivity (Wildman–Crippen MR) is 76.0 cm³/mol. The van der Waals surface area contributed by atoms with E-state index in [0.717, 1.165) is 0 Å². The fraction of sp³-hybridized carbons (Fsp3) is 0.0833. The molecule has 2 aromatic rings. The van der Waals surface area contributed by atoms with Crippen molar-refractivity contribution in [2.24, 2.45) is 0 Å². The van der Waals surface area contributed by atoms with E-state index in [-0.39, 0.29) is 5.03 Å². The molecule has 0 fully saturated rings. The molecule has 0 aliphatic rings. The van der Waals surface area contributed by atoms with Crippen LogP contribution in [0.2, 0.25) is 5.02 Å². The van der Waals surface area contributed by atoms with Gasteiger partial charge < -0.3 is 5.32 Å². The number of pyridine rings is 1. The van der Waals surface area contributed by atoms with Crippen LogP contribution in [0, 0.1) is 0 Å². The molecular formula is C12H12ClN3O2S. The van der Waals surface area contributed by atoms with Crippen molar-refractivity contribution in [2.75, 3.05) is 17.1 Å². The van der Waals surface area contributed by atoms with Gasteiger partial charge in [-0.15, -0.1) is 0 Å². The maximum atomic E-state index is 12.2. The lowest BCUT2D eigenvalue weighted by Gasteiger charge is -2.10. The number of rotatable bonds is 4. The summed E-state index contributed by atoms with van der Waals surface area (Å²) in [4.78, 5) is 3.89. The Morgan fingerprint density at radius 2 is 2.00 bits per heavy atom. The van der Waals surface area contributed by atoms with Crippen molar-refractivity contribution in [1.29, 1.82) is 0 Å². The summed E-state index contributed by atoms with van der Waals surface area (Å²) in [6, 6.07) is 9.77. The molecule has 0 amide bonds. The lowest BCUT2D eigenvalue weighted by Crippen LogP contribution is -2.16. The lowest BCUT2D eigenvalue weighted by molar-refractivity contribution is 0.598. The number of benzene rings is 1. The molecule has 5 nitrogen and oxygen atoms in total. The van der Waals surface area contributed by atoms with Crippen molar-refractivity contribution in [1.82, 2.24) is 4.98 Å². The van der Waals surface area contributed by atoms with Crippen LogP contribution < -0.4 is 10.0 Å². The van der Waals surface area contributed by atoms with E-state index in [0.29, 0.717) is 16.4 Å². The van der Waals surface area contributed by atoms with Crippen LogP contribution in [0.5, 0.6) is 0 Å². The van der Waals surface area contributed by atoms with Gasteiger partial charge in [0.1, 0.15) is 0 Å². The second-order valence-electron chi connectivity index (χ2n) is 3.72. The number of sulfonamides is 1. The van der Waals surface area contributed by atoms with Crippen molar-refractivity contribution in [3.05, 3.63) is 47.6 Å². The molecule has 0 aliphatic heterocycles. The Morgan fingerprint density at radius 1 is 1.21 bits per heavy atom. The van der Waals surface area contributed by atoms with Gasteiger partial charge in [-0.05, 0) is 30.3 Å². The van der Waals surface area contributed by atoms with E-state index in [1.54, 1.807) is 37.4 Å². The summed E-state index contributed by atoms with van der Waals surface area (Å²) >= 11 is 5.82. The Labute approximate surface area is 116 Å². The van der Waals surface area contributed by atoms with Gasteiger partial charge in [0, 0.05) is 18.3 Å². The highest BCUT2D eigenvalue weighted by Gasteiger charge is 2.19. The molecule has 100 valence electrons. The first-order chi connectivity index (χ1) is 9.03. The van der Waals surface area contributed by atoms with Crippen LogP contribution in [0.4, 0.5) is 11.4 Å². The fourth-order valence-electron chi connectivity index (χ4n) is 1.55. The normalized spacial score (nSPS) is 11.1. The molecule has 0 atom stereocenters. The lowest BCUT2D eigenvalue weighted by atomic mass is 10.3.